The van der Waals surface area contributed by atoms with Crippen LogP contribution in [-0.2, 0) is 5.75 Å². The van der Waals surface area contributed by atoms with Crippen LogP contribution in [0.15, 0.2) is 59.8 Å². The number of nitriles is 1. The van der Waals surface area contributed by atoms with E-state index >= 15 is 0 Å². The lowest BCUT2D eigenvalue weighted by Gasteiger charge is -2.10. The minimum atomic E-state index is -0.434. The SMILES string of the molecule is CCCC(C#N)NC(=O)c1ccc(SCc2cn3ccccc3n2)cc1. The van der Waals surface area contributed by atoms with Crippen molar-refractivity contribution in [3.05, 3.63) is 66.1 Å². The summed E-state index contributed by atoms with van der Waals surface area (Å²) in [5, 5.41) is 11.8. The Morgan fingerprint density at radius 2 is 2.12 bits per heavy atom. The summed E-state index contributed by atoms with van der Waals surface area (Å²) in [6, 6.07) is 15.1. The molecule has 2 heterocycles. The van der Waals surface area contributed by atoms with Gasteiger partial charge in [0.05, 0.1) is 11.8 Å². The molecule has 5 nitrogen and oxygen atoms in total. The van der Waals surface area contributed by atoms with Gasteiger partial charge < -0.3 is 9.72 Å². The van der Waals surface area contributed by atoms with E-state index in [9.17, 15) is 4.79 Å². The molecule has 3 rings (SSSR count). The van der Waals surface area contributed by atoms with Crippen molar-refractivity contribution in [3.8, 4) is 6.07 Å². The molecule has 1 N–H and O–H groups in total. The Morgan fingerprint density at radius 1 is 1.31 bits per heavy atom. The third-order valence-electron chi connectivity index (χ3n) is 3.96. The average molecular weight is 364 g/mol. The quantitative estimate of drug-likeness (QED) is 0.642. The van der Waals surface area contributed by atoms with Gasteiger partial charge in [0.1, 0.15) is 11.7 Å². The Labute approximate surface area is 157 Å². The number of pyridine rings is 1. The zero-order valence-electron chi connectivity index (χ0n) is 14.6. The Hall–Kier alpha value is -2.78. The Morgan fingerprint density at radius 3 is 2.81 bits per heavy atom. The van der Waals surface area contributed by atoms with Crippen LogP contribution in [-0.4, -0.2) is 21.3 Å². The summed E-state index contributed by atoms with van der Waals surface area (Å²) in [6.07, 6.45) is 5.53. The number of rotatable bonds is 7. The monoisotopic (exact) mass is 364 g/mol. The maximum atomic E-state index is 12.2. The highest BCUT2D eigenvalue weighted by molar-refractivity contribution is 7.98. The number of carbonyl (C=O) groups is 1. The van der Waals surface area contributed by atoms with Gasteiger partial charge >= 0.3 is 0 Å². The molecule has 0 saturated heterocycles. The molecule has 6 heteroatoms. The number of nitrogens with zero attached hydrogens (tertiary/aromatic N) is 3. The molecule has 26 heavy (non-hydrogen) atoms. The standard InChI is InChI=1S/C20H20N4OS/c1-2-5-16(12-21)23-20(25)15-7-9-18(10-8-15)26-14-17-13-24-11-4-3-6-19(24)22-17/h3-4,6-11,13,16H,2,5,14H2,1H3,(H,23,25). The van der Waals surface area contributed by atoms with Crippen molar-refractivity contribution in [2.24, 2.45) is 0 Å². The molecule has 3 aromatic rings. The molecule has 0 bridgehead atoms. The zero-order chi connectivity index (χ0) is 18.4. The van der Waals surface area contributed by atoms with E-state index < -0.39 is 6.04 Å². The van der Waals surface area contributed by atoms with Crippen molar-refractivity contribution in [1.29, 1.82) is 5.26 Å². The number of thioether (sulfide) groups is 1. The Bertz CT molecular complexity index is 894. The van der Waals surface area contributed by atoms with Crippen molar-refractivity contribution in [1.82, 2.24) is 14.7 Å². The highest BCUT2D eigenvalue weighted by Gasteiger charge is 2.12. The second kappa shape index (κ2) is 8.54. The largest absolute Gasteiger partial charge is 0.336 e. The number of amides is 1. The molecular weight excluding hydrogens is 344 g/mol. The third kappa shape index (κ3) is 4.44. The topological polar surface area (TPSA) is 70.2 Å². The molecule has 1 unspecified atom stereocenters. The molecule has 0 aliphatic heterocycles. The second-order valence-electron chi connectivity index (χ2n) is 5.96. The predicted octanol–water partition coefficient (Wildman–Crippen LogP) is 4.05. The summed E-state index contributed by atoms with van der Waals surface area (Å²) in [7, 11) is 0. The molecule has 132 valence electrons. The van der Waals surface area contributed by atoms with Crippen LogP contribution in [0.3, 0.4) is 0 Å². The number of hydrogen-bond donors (Lipinski definition) is 1. The summed E-state index contributed by atoms with van der Waals surface area (Å²) in [5.41, 5.74) is 2.52. The highest BCUT2D eigenvalue weighted by Crippen LogP contribution is 2.23. The summed E-state index contributed by atoms with van der Waals surface area (Å²) in [5.74, 6) is 0.558. The lowest BCUT2D eigenvalue weighted by atomic mass is 10.1. The van der Waals surface area contributed by atoms with Gasteiger partial charge in [-0.05, 0) is 42.8 Å². The van der Waals surface area contributed by atoms with E-state index in [4.69, 9.17) is 5.26 Å². The first kappa shape index (κ1) is 18.0. The van der Waals surface area contributed by atoms with Gasteiger partial charge in [-0.2, -0.15) is 5.26 Å². The number of imidazole rings is 1. The zero-order valence-corrected chi connectivity index (χ0v) is 15.4. The average Bonchev–Trinajstić information content (AvgIpc) is 3.09. The van der Waals surface area contributed by atoms with Gasteiger partial charge in [-0.1, -0.05) is 19.4 Å². The van der Waals surface area contributed by atoms with Crippen LogP contribution in [0.25, 0.3) is 5.65 Å². The first-order chi connectivity index (χ1) is 12.7. The number of carbonyl (C=O) groups excluding carboxylic acids is 1. The van der Waals surface area contributed by atoms with Crippen LogP contribution in [0.2, 0.25) is 0 Å². The molecule has 0 radical (unpaired) electrons. The molecule has 0 spiro atoms. The minimum absolute atomic E-state index is 0.207. The second-order valence-corrected chi connectivity index (χ2v) is 7.00. The minimum Gasteiger partial charge on any atom is -0.336 e. The lowest BCUT2D eigenvalue weighted by Crippen LogP contribution is -2.33. The third-order valence-corrected chi connectivity index (χ3v) is 5.00. The maximum absolute atomic E-state index is 12.2. The highest BCUT2D eigenvalue weighted by atomic mass is 32.2. The van der Waals surface area contributed by atoms with E-state index in [1.54, 1.807) is 23.9 Å². The first-order valence-corrected chi connectivity index (χ1v) is 9.54. The first-order valence-electron chi connectivity index (χ1n) is 8.55. The van der Waals surface area contributed by atoms with Crippen LogP contribution in [0.4, 0.5) is 0 Å². The molecule has 0 aliphatic rings. The van der Waals surface area contributed by atoms with Crippen molar-refractivity contribution in [2.45, 2.75) is 36.5 Å². The Balaban J connectivity index is 1.58. The van der Waals surface area contributed by atoms with Crippen molar-refractivity contribution in [2.75, 3.05) is 0 Å². The van der Waals surface area contributed by atoms with Gasteiger partial charge in [-0.15, -0.1) is 11.8 Å². The van der Waals surface area contributed by atoms with Gasteiger partial charge in [0, 0.05) is 28.6 Å². The number of fused-ring (bicyclic) bond motifs is 1. The number of hydrogen-bond acceptors (Lipinski definition) is 4. The van der Waals surface area contributed by atoms with Crippen LogP contribution in [0.5, 0.6) is 0 Å². The number of nitrogens with one attached hydrogen (secondary N) is 1. The van der Waals surface area contributed by atoms with Crippen molar-refractivity contribution < 1.29 is 4.79 Å². The fourth-order valence-electron chi connectivity index (χ4n) is 2.62. The Kier molecular flexibility index (Phi) is 5.92. The van der Waals surface area contributed by atoms with E-state index in [0.717, 1.165) is 28.4 Å². The fraction of sp³-hybridized carbons (Fsp3) is 0.250. The summed E-state index contributed by atoms with van der Waals surface area (Å²) < 4.78 is 2.01. The number of benzene rings is 1. The van der Waals surface area contributed by atoms with Gasteiger partial charge in [0.25, 0.3) is 5.91 Å². The maximum Gasteiger partial charge on any atom is 0.252 e. The van der Waals surface area contributed by atoms with E-state index in [1.807, 2.05) is 54.0 Å². The van der Waals surface area contributed by atoms with Gasteiger partial charge in [-0.25, -0.2) is 4.98 Å². The summed E-state index contributed by atoms with van der Waals surface area (Å²) in [6.45, 7) is 1.99. The van der Waals surface area contributed by atoms with E-state index in [-0.39, 0.29) is 5.91 Å². The number of aromatic nitrogens is 2. The molecule has 1 atom stereocenters. The van der Waals surface area contributed by atoms with Crippen molar-refractivity contribution in [3.63, 3.8) is 0 Å². The predicted molar refractivity (Wildman–Crippen MR) is 103 cm³/mol. The summed E-state index contributed by atoms with van der Waals surface area (Å²) in [4.78, 5) is 17.9. The molecule has 1 amide bonds. The van der Waals surface area contributed by atoms with Gasteiger partial charge in [0.2, 0.25) is 0 Å². The molecule has 0 saturated carbocycles. The fourth-order valence-corrected chi connectivity index (χ4v) is 3.40. The van der Waals surface area contributed by atoms with Gasteiger partial charge in [0.15, 0.2) is 0 Å². The van der Waals surface area contributed by atoms with Crippen molar-refractivity contribution >= 4 is 23.3 Å². The smallest absolute Gasteiger partial charge is 0.252 e. The molecule has 2 aromatic heterocycles. The van der Waals surface area contributed by atoms with E-state index in [0.29, 0.717) is 12.0 Å². The van der Waals surface area contributed by atoms with Crippen LogP contribution >= 0.6 is 11.8 Å². The molecular formula is C20H20N4OS. The molecule has 0 aliphatic carbocycles. The summed E-state index contributed by atoms with van der Waals surface area (Å²) >= 11 is 1.68. The van der Waals surface area contributed by atoms with Gasteiger partial charge in [-0.3, -0.25) is 4.79 Å². The van der Waals surface area contributed by atoms with Crippen LogP contribution in [0, 0.1) is 11.3 Å². The van der Waals surface area contributed by atoms with Crippen LogP contribution < -0.4 is 5.32 Å². The lowest BCUT2D eigenvalue weighted by molar-refractivity contribution is 0.0944. The van der Waals surface area contributed by atoms with E-state index in [2.05, 4.69) is 16.4 Å². The molecule has 0 fully saturated rings. The van der Waals surface area contributed by atoms with E-state index in [1.165, 1.54) is 0 Å². The normalized spacial score (nSPS) is 11.8. The van der Waals surface area contributed by atoms with Crippen LogP contribution in [0.1, 0.15) is 35.8 Å². The molecule has 1 aromatic carbocycles.